The first kappa shape index (κ1) is 14.5. The van der Waals surface area contributed by atoms with Gasteiger partial charge < -0.3 is 9.64 Å². The van der Waals surface area contributed by atoms with E-state index in [-0.39, 0.29) is 18.1 Å². The third-order valence-electron chi connectivity index (χ3n) is 4.56. The smallest absolute Gasteiger partial charge is 0.241 e. The number of amides is 1. The quantitative estimate of drug-likeness (QED) is 0.927. The zero-order chi connectivity index (χ0) is 14.8. The van der Waals surface area contributed by atoms with Gasteiger partial charge in [0.1, 0.15) is 6.17 Å². The monoisotopic (exact) mass is 288 g/mol. The molecule has 2 aliphatic rings. The molecule has 1 aromatic carbocycles. The van der Waals surface area contributed by atoms with Gasteiger partial charge in [-0.15, -0.1) is 0 Å². The van der Waals surface area contributed by atoms with E-state index >= 15 is 0 Å². The van der Waals surface area contributed by atoms with Crippen molar-refractivity contribution in [2.45, 2.75) is 38.9 Å². The number of benzene rings is 1. The molecule has 4 heteroatoms. The average molecular weight is 288 g/mol. The molecule has 1 aromatic rings. The lowest BCUT2D eigenvalue weighted by Crippen LogP contribution is -2.36. The molecule has 0 saturated carbocycles. The number of rotatable bonds is 3. The van der Waals surface area contributed by atoms with Gasteiger partial charge in [0.05, 0.1) is 6.04 Å². The van der Waals surface area contributed by atoms with Crippen LogP contribution in [0.5, 0.6) is 0 Å². The van der Waals surface area contributed by atoms with E-state index in [4.69, 9.17) is 4.74 Å². The molecule has 2 fully saturated rings. The van der Waals surface area contributed by atoms with Crippen molar-refractivity contribution in [1.29, 1.82) is 0 Å². The summed E-state index contributed by atoms with van der Waals surface area (Å²) in [7, 11) is 0. The molecule has 21 heavy (non-hydrogen) atoms. The van der Waals surface area contributed by atoms with Crippen molar-refractivity contribution in [1.82, 2.24) is 10.2 Å². The number of aryl methyl sites for hydroxylation is 1. The zero-order valence-electron chi connectivity index (χ0n) is 12.8. The van der Waals surface area contributed by atoms with Crippen molar-refractivity contribution in [2.24, 2.45) is 5.92 Å². The molecule has 0 bridgehead atoms. The second-order valence-electron chi connectivity index (χ2n) is 6.25. The maximum absolute atomic E-state index is 12.5. The first-order valence-electron chi connectivity index (χ1n) is 7.86. The third-order valence-corrected chi connectivity index (χ3v) is 4.56. The molecule has 2 aliphatic heterocycles. The van der Waals surface area contributed by atoms with Crippen LogP contribution in [0.3, 0.4) is 0 Å². The minimum Gasteiger partial charge on any atom is -0.381 e. The van der Waals surface area contributed by atoms with Gasteiger partial charge in [-0.1, -0.05) is 29.8 Å². The van der Waals surface area contributed by atoms with Crippen LogP contribution in [0.15, 0.2) is 24.3 Å². The molecular weight excluding hydrogens is 264 g/mol. The molecule has 0 aromatic heterocycles. The van der Waals surface area contributed by atoms with Gasteiger partial charge in [0, 0.05) is 19.8 Å². The van der Waals surface area contributed by atoms with Crippen LogP contribution in [-0.4, -0.2) is 36.6 Å². The molecule has 3 rings (SSSR count). The van der Waals surface area contributed by atoms with Gasteiger partial charge in [0.25, 0.3) is 0 Å². The van der Waals surface area contributed by atoms with Crippen LogP contribution in [0.1, 0.15) is 37.1 Å². The molecule has 2 unspecified atom stereocenters. The number of ether oxygens (including phenoxy) is 1. The van der Waals surface area contributed by atoms with Crippen molar-refractivity contribution in [2.75, 3.05) is 19.8 Å². The summed E-state index contributed by atoms with van der Waals surface area (Å²) in [6.45, 7) is 6.51. The van der Waals surface area contributed by atoms with Gasteiger partial charge in [-0.05, 0) is 38.2 Å². The van der Waals surface area contributed by atoms with Crippen LogP contribution in [0.4, 0.5) is 0 Å². The van der Waals surface area contributed by atoms with Crippen LogP contribution in [-0.2, 0) is 9.53 Å². The molecule has 4 nitrogen and oxygen atoms in total. The highest BCUT2D eigenvalue weighted by Crippen LogP contribution is 2.28. The maximum Gasteiger partial charge on any atom is 0.241 e. The third kappa shape index (κ3) is 3.11. The molecular formula is C17H24N2O2. The van der Waals surface area contributed by atoms with Crippen molar-refractivity contribution >= 4 is 5.91 Å². The maximum atomic E-state index is 12.5. The summed E-state index contributed by atoms with van der Waals surface area (Å²) in [6.07, 6.45) is 2.12. The van der Waals surface area contributed by atoms with E-state index in [1.165, 1.54) is 11.1 Å². The van der Waals surface area contributed by atoms with Crippen molar-refractivity contribution in [3.8, 4) is 0 Å². The zero-order valence-corrected chi connectivity index (χ0v) is 12.8. The fourth-order valence-electron chi connectivity index (χ4n) is 3.20. The van der Waals surface area contributed by atoms with Crippen molar-refractivity contribution in [3.05, 3.63) is 35.4 Å². The molecule has 1 N–H and O–H groups in total. The molecule has 2 saturated heterocycles. The summed E-state index contributed by atoms with van der Waals surface area (Å²) in [5.41, 5.74) is 2.41. The number of nitrogens with zero attached hydrogens (tertiary/aromatic N) is 1. The van der Waals surface area contributed by atoms with Gasteiger partial charge in [-0.2, -0.15) is 0 Å². The Labute approximate surface area is 126 Å². The van der Waals surface area contributed by atoms with E-state index in [0.29, 0.717) is 5.92 Å². The van der Waals surface area contributed by atoms with Crippen LogP contribution < -0.4 is 5.32 Å². The number of nitrogens with one attached hydrogen (secondary N) is 1. The molecule has 2 heterocycles. The standard InChI is InChI=1S/C17H24N2O2/c1-12-3-5-15(6-4-12)16-18-13(2)17(20)19(16)11-14-7-9-21-10-8-14/h3-6,13-14,16,18H,7-11H2,1-2H3. The Hall–Kier alpha value is -1.39. The van der Waals surface area contributed by atoms with E-state index in [0.717, 1.165) is 32.6 Å². The lowest BCUT2D eigenvalue weighted by molar-refractivity contribution is -0.130. The Kier molecular flexibility index (Phi) is 4.27. The van der Waals surface area contributed by atoms with Crippen LogP contribution in [0.2, 0.25) is 0 Å². The van der Waals surface area contributed by atoms with Gasteiger partial charge in [0.15, 0.2) is 0 Å². The minimum atomic E-state index is -0.101. The summed E-state index contributed by atoms with van der Waals surface area (Å²) in [5, 5.41) is 3.42. The topological polar surface area (TPSA) is 41.6 Å². The summed E-state index contributed by atoms with van der Waals surface area (Å²) >= 11 is 0. The van der Waals surface area contributed by atoms with Crippen LogP contribution in [0, 0.1) is 12.8 Å². The summed E-state index contributed by atoms with van der Waals surface area (Å²) in [5.74, 6) is 0.773. The summed E-state index contributed by atoms with van der Waals surface area (Å²) in [4.78, 5) is 14.5. The van der Waals surface area contributed by atoms with Gasteiger partial charge in [-0.3, -0.25) is 10.1 Å². The van der Waals surface area contributed by atoms with E-state index in [1.807, 2.05) is 11.8 Å². The Morgan fingerprint density at radius 1 is 1.24 bits per heavy atom. The number of carbonyl (C=O) groups excluding carboxylic acids is 1. The SMILES string of the molecule is Cc1ccc(C2NC(C)C(=O)N2CC2CCOCC2)cc1. The number of carbonyl (C=O) groups is 1. The Morgan fingerprint density at radius 3 is 2.57 bits per heavy atom. The Balaban J connectivity index is 1.77. The van der Waals surface area contributed by atoms with Crippen molar-refractivity contribution < 1.29 is 9.53 Å². The molecule has 114 valence electrons. The Bertz CT molecular complexity index is 494. The van der Waals surface area contributed by atoms with Crippen LogP contribution in [0.25, 0.3) is 0 Å². The van der Waals surface area contributed by atoms with Gasteiger partial charge >= 0.3 is 0 Å². The molecule has 1 amide bonds. The predicted octanol–water partition coefficient (Wildman–Crippen LogP) is 2.24. The number of hydrogen-bond donors (Lipinski definition) is 1. The minimum absolute atomic E-state index is 0.0101. The lowest BCUT2D eigenvalue weighted by Gasteiger charge is -2.31. The molecule has 0 aliphatic carbocycles. The Morgan fingerprint density at radius 2 is 1.90 bits per heavy atom. The summed E-state index contributed by atoms with van der Waals surface area (Å²) in [6, 6.07) is 8.36. The van der Waals surface area contributed by atoms with E-state index in [9.17, 15) is 4.79 Å². The second kappa shape index (κ2) is 6.16. The van der Waals surface area contributed by atoms with Gasteiger partial charge in [0.2, 0.25) is 5.91 Å². The van der Waals surface area contributed by atoms with Gasteiger partial charge in [-0.25, -0.2) is 0 Å². The molecule has 0 radical (unpaired) electrons. The fraction of sp³-hybridized carbons (Fsp3) is 0.588. The first-order chi connectivity index (χ1) is 10.1. The molecule has 2 atom stereocenters. The van der Waals surface area contributed by atoms with E-state index < -0.39 is 0 Å². The highest BCUT2D eigenvalue weighted by atomic mass is 16.5. The molecule has 0 spiro atoms. The second-order valence-corrected chi connectivity index (χ2v) is 6.25. The summed E-state index contributed by atoms with van der Waals surface area (Å²) < 4.78 is 5.42. The average Bonchev–Trinajstić information content (AvgIpc) is 2.78. The van der Waals surface area contributed by atoms with Crippen LogP contribution >= 0.6 is 0 Å². The van der Waals surface area contributed by atoms with Crippen molar-refractivity contribution in [3.63, 3.8) is 0 Å². The number of hydrogen-bond acceptors (Lipinski definition) is 3. The van der Waals surface area contributed by atoms with E-state index in [2.05, 4.69) is 36.5 Å². The normalized spacial score (nSPS) is 27.3. The highest BCUT2D eigenvalue weighted by molar-refractivity contribution is 5.84. The van der Waals surface area contributed by atoms with E-state index in [1.54, 1.807) is 0 Å². The largest absolute Gasteiger partial charge is 0.381 e. The lowest BCUT2D eigenvalue weighted by atomic mass is 9.99. The highest BCUT2D eigenvalue weighted by Gasteiger charge is 2.38. The first-order valence-corrected chi connectivity index (χ1v) is 7.86. The predicted molar refractivity (Wildman–Crippen MR) is 81.8 cm³/mol. The fourth-order valence-corrected chi connectivity index (χ4v) is 3.20.